The van der Waals surface area contributed by atoms with Crippen molar-refractivity contribution < 1.29 is 10.6 Å². The van der Waals surface area contributed by atoms with Crippen LogP contribution in [0.15, 0.2) is 143 Å². The van der Waals surface area contributed by atoms with E-state index in [1.54, 1.807) is 0 Å². The minimum Gasteiger partial charge on any atom is -0.306 e. The first-order valence-electron chi connectivity index (χ1n) is 17.4. The van der Waals surface area contributed by atoms with E-state index >= 15 is 0 Å². The highest BCUT2D eigenvalue weighted by Crippen LogP contribution is 2.49. The Hall–Kier alpha value is -6.34. The number of aliphatic imine (C=N–C) groups is 2. The summed E-state index contributed by atoms with van der Waals surface area (Å²) in [5, 5.41) is 17.3. The second-order valence-corrected chi connectivity index (χ2v) is 13.6. The highest BCUT2D eigenvalue weighted by molar-refractivity contribution is 6.39. The van der Waals surface area contributed by atoms with Crippen LogP contribution in [0.2, 0.25) is 0 Å². The van der Waals surface area contributed by atoms with Gasteiger partial charge in [0.2, 0.25) is 5.82 Å². The summed E-state index contributed by atoms with van der Waals surface area (Å²) < 4.78 is 5.01. The molecule has 3 aromatic heterocycles. The molecular weight excluding hydrogens is 613 g/mol. The third-order valence-electron chi connectivity index (χ3n) is 11.1. The second-order valence-electron chi connectivity index (χ2n) is 13.6. The average Bonchev–Trinajstić information content (AvgIpc) is 3.82. The van der Waals surface area contributed by atoms with E-state index in [9.17, 15) is 0 Å². The molecule has 6 heteroatoms. The molecule has 7 aromatic carbocycles. The molecule has 2 aliphatic rings. The SMILES string of the molecule is C1=NC2=NC(n3c4ccccc4c4c5ccccc5c5c6cccc7c8cc9ccccc9cc8n(c76)c5c43)=C(c3ccccc3)[NH2+]C2[NH2+]C1. The van der Waals surface area contributed by atoms with E-state index in [2.05, 4.69) is 153 Å². The highest BCUT2D eigenvalue weighted by Gasteiger charge is 2.36. The van der Waals surface area contributed by atoms with Crippen LogP contribution >= 0.6 is 0 Å². The number of hydrogen-bond acceptors (Lipinski definition) is 2. The zero-order chi connectivity index (χ0) is 32.5. The molecule has 5 heterocycles. The number of para-hydroxylation sites is 2. The Labute approximate surface area is 285 Å². The fraction of sp³-hybridized carbons (Fsp3) is 0.0455. The van der Waals surface area contributed by atoms with Crippen molar-refractivity contribution in [2.24, 2.45) is 9.98 Å². The lowest BCUT2D eigenvalue weighted by atomic mass is 9.97. The van der Waals surface area contributed by atoms with Crippen molar-refractivity contribution in [1.82, 2.24) is 8.97 Å². The van der Waals surface area contributed by atoms with E-state index in [-0.39, 0.29) is 6.17 Å². The van der Waals surface area contributed by atoms with E-state index in [1.807, 2.05) is 6.21 Å². The molecular formula is C44H30N6+2. The molecule has 0 saturated carbocycles. The van der Waals surface area contributed by atoms with E-state index in [0.717, 1.165) is 35.0 Å². The molecule has 2 aliphatic heterocycles. The van der Waals surface area contributed by atoms with Gasteiger partial charge in [-0.1, -0.05) is 103 Å². The smallest absolute Gasteiger partial charge is 0.277 e. The van der Waals surface area contributed by atoms with E-state index in [0.29, 0.717) is 0 Å². The first-order chi connectivity index (χ1) is 24.8. The zero-order valence-electron chi connectivity index (χ0n) is 27.0. The Morgan fingerprint density at radius 3 is 2.08 bits per heavy atom. The van der Waals surface area contributed by atoms with Crippen LogP contribution in [0.1, 0.15) is 5.56 Å². The summed E-state index contributed by atoms with van der Waals surface area (Å²) in [6.07, 6.45) is 2.05. The maximum atomic E-state index is 5.49. The van der Waals surface area contributed by atoms with Crippen molar-refractivity contribution in [3.05, 3.63) is 139 Å². The summed E-state index contributed by atoms with van der Waals surface area (Å²) in [5.74, 6) is 1.76. The minimum absolute atomic E-state index is 0.0733. The number of quaternary nitrogens is 2. The van der Waals surface area contributed by atoms with Crippen LogP contribution in [0.4, 0.5) is 0 Å². The summed E-state index contributed by atoms with van der Waals surface area (Å²) in [7, 11) is 0. The number of aromatic nitrogens is 2. The third-order valence-corrected chi connectivity index (χ3v) is 11.1. The zero-order valence-corrected chi connectivity index (χ0v) is 27.0. The topological polar surface area (TPSA) is 67.3 Å². The minimum atomic E-state index is 0.0733. The Morgan fingerprint density at radius 2 is 1.24 bits per heavy atom. The average molecular weight is 643 g/mol. The number of amidine groups is 1. The Balaban J connectivity index is 1.38. The first-order valence-corrected chi connectivity index (χ1v) is 17.4. The number of benzene rings is 7. The van der Waals surface area contributed by atoms with Gasteiger partial charge in [0.25, 0.3) is 12.0 Å². The predicted octanol–water partition coefficient (Wildman–Crippen LogP) is 7.48. The van der Waals surface area contributed by atoms with Crippen molar-refractivity contribution in [3.8, 4) is 0 Å². The molecule has 0 aliphatic carbocycles. The lowest BCUT2D eigenvalue weighted by Crippen LogP contribution is -3.13. The van der Waals surface area contributed by atoms with Crippen LogP contribution in [0.25, 0.3) is 93.0 Å². The normalized spacial score (nSPS) is 16.7. The molecule has 50 heavy (non-hydrogen) atoms. The molecule has 4 N–H and O–H groups in total. The summed E-state index contributed by atoms with van der Waals surface area (Å²) in [4.78, 5) is 10.3. The van der Waals surface area contributed by atoms with Crippen LogP contribution in [0.5, 0.6) is 0 Å². The first kappa shape index (κ1) is 26.6. The van der Waals surface area contributed by atoms with Crippen LogP contribution < -0.4 is 10.6 Å². The van der Waals surface area contributed by atoms with Gasteiger partial charge in [-0.3, -0.25) is 15.2 Å². The largest absolute Gasteiger partial charge is 0.306 e. The maximum Gasteiger partial charge on any atom is 0.277 e. The van der Waals surface area contributed by atoms with Gasteiger partial charge in [-0.15, -0.1) is 0 Å². The summed E-state index contributed by atoms with van der Waals surface area (Å²) in [6.45, 7) is 0.843. The number of hydrogen-bond donors (Lipinski definition) is 2. The highest BCUT2D eigenvalue weighted by atomic mass is 15.3. The lowest BCUT2D eigenvalue weighted by Gasteiger charge is -2.24. The van der Waals surface area contributed by atoms with Gasteiger partial charge in [-0.2, -0.15) is 4.99 Å². The maximum absolute atomic E-state index is 5.49. The quantitative estimate of drug-likeness (QED) is 0.196. The van der Waals surface area contributed by atoms with Gasteiger partial charge in [0, 0.05) is 37.9 Å². The summed E-state index contributed by atoms with van der Waals surface area (Å²) in [6, 6.07) is 48.9. The van der Waals surface area contributed by atoms with Gasteiger partial charge >= 0.3 is 0 Å². The van der Waals surface area contributed by atoms with E-state index in [1.165, 1.54) is 75.9 Å². The molecule has 0 radical (unpaired) electrons. The van der Waals surface area contributed by atoms with Crippen molar-refractivity contribution in [2.75, 3.05) is 6.54 Å². The van der Waals surface area contributed by atoms with Crippen LogP contribution in [-0.2, 0) is 0 Å². The van der Waals surface area contributed by atoms with Crippen molar-refractivity contribution in [1.29, 1.82) is 0 Å². The number of fused-ring (bicyclic) bond motifs is 15. The standard InChI is InChI=1S/C44H28N6/c1-2-11-25(12-3-1)38-44(48-43-42(47-38)45-21-22-46-43)50-34-20-9-8-17-31(34)36-28-15-6-7-16-29(28)37-32-19-10-18-30-33-23-26-13-4-5-14-27(26)24-35(33)49(39(30)32)40(37)41(36)50/h1-20,22-24,42,45,47H,21H2/p+2. The molecule has 0 amide bonds. The number of rotatable bonds is 2. The number of nitrogens with zero attached hydrogens (tertiary/aromatic N) is 4. The van der Waals surface area contributed by atoms with E-state index < -0.39 is 0 Å². The Morgan fingerprint density at radius 1 is 0.560 bits per heavy atom. The van der Waals surface area contributed by atoms with Crippen LogP contribution in [0, 0.1) is 0 Å². The monoisotopic (exact) mass is 642 g/mol. The van der Waals surface area contributed by atoms with Crippen molar-refractivity contribution >= 4 is 105 Å². The van der Waals surface area contributed by atoms with E-state index in [4.69, 9.17) is 9.98 Å². The molecule has 0 fully saturated rings. The predicted molar refractivity (Wildman–Crippen MR) is 207 cm³/mol. The molecule has 6 nitrogen and oxygen atoms in total. The molecule has 10 aromatic rings. The van der Waals surface area contributed by atoms with Gasteiger partial charge < -0.3 is 4.40 Å². The Bertz CT molecular complexity index is 3180. The van der Waals surface area contributed by atoms with Crippen molar-refractivity contribution in [2.45, 2.75) is 6.17 Å². The second kappa shape index (κ2) is 9.64. The number of nitrogens with two attached hydrogens (primary N) is 2. The molecule has 0 saturated heterocycles. The van der Waals surface area contributed by atoms with Crippen molar-refractivity contribution in [3.63, 3.8) is 0 Å². The summed E-state index contributed by atoms with van der Waals surface area (Å²) >= 11 is 0. The van der Waals surface area contributed by atoms with Gasteiger partial charge in [0.05, 0.1) is 33.8 Å². The summed E-state index contributed by atoms with van der Waals surface area (Å²) in [5.41, 5.74) is 8.30. The van der Waals surface area contributed by atoms with Crippen LogP contribution in [0.3, 0.4) is 0 Å². The fourth-order valence-electron chi connectivity index (χ4n) is 9.02. The molecule has 0 spiro atoms. The van der Waals surface area contributed by atoms with Gasteiger partial charge in [-0.05, 0) is 51.9 Å². The molecule has 234 valence electrons. The van der Waals surface area contributed by atoms with Crippen LogP contribution in [-0.4, -0.2) is 33.7 Å². The van der Waals surface area contributed by atoms with Gasteiger partial charge in [0.1, 0.15) is 6.54 Å². The van der Waals surface area contributed by atoms with Gasteiger partial charge in [-0.25, -0.2) is 4.99 Å². The van der Waals surface area contributed by atoms with Gasteiger partial charge in [0.15, 0.2) is 5.70 Å². The lowest BCUT2D eigenvalue weighted by molar-refractivity contribution is -0.844. The third kappa shape index (κ3) is 3.34. The fourth-order valence-corrected chi connectivity index (χ4v) is 9.02. The molecule has 1 atom stereocenters. The molecule has 1 unspecified atom stereocenters. The molecule has 0 bridgehead atoms. The Kier molecular flexibility index (Phi) is 5.12. The molecule has 12 rings (SSSR count).